The van der Waals surface area contributed by atoms with Gasteiger partial charge < -0.3 is 15.0 Å². The maximum atomic E-state index is 11.7. The summed E-state index contributed by atoms with van der Waals surface area (Å²) in [5.74, 6) is 0. The van der Waals surface area contributed by atoms with Crippen LogP contribution >= 0.6 is 0 Å². The third-order valence-electron chi connectivity index (χ3n) is 2.42. The highest BCUT2D eigenvalue weighted by molar-refractivity contribution is 5.42. The Morgan fingerprint density at radius 3 is 2.87 bits per heavy atom. The number of anilines is 1. The van der Waals surface area contributed by atoms with E-state index in [0.717, 1.165) is 25.0 Å². The lowest BCUT2D eigenvalue weighted by atomic mass is 10.2. The van der Waals surface area contributed by atoms with Crippen molar-refractivity contribution in [1.29, 1.82) is 0 Å². The second-order valence-corrected chi connectivity index (χ2v) is 3.61. The van der Waals surface area contributed by atoms with Gasteiger partial charge in [-0.1, -0.05) is 0 Å². The summed E-state index contributed by atoms with van der Waals surface area (Å²) in [4.78, 5) is 11.7. The quantitative estimate of drug-likeness (QED) is 0.742. The molecule has 0 spiro atoms. The van der Waals surface area contributed by atoms with Gasteiger partial charge in [-0.3, -0.25) is 4.79 Å². The molecule has 0 aliphatic carbocycles. The van der Waals surface area contributed by atoms with Crippen molar-refractivity contribution in [3.8, 4) is 0 Å². The van der Waals surface area contributed by atoms with Gasteiger partial charge in [0.05, 0.1) is 0 Å². The van der Waals surface area contributed by atoms with Crippen LogP contribution in [0.2, 0.25) is 0 Å². The molecule has 0 saturated carbocycles. The fourth-order valence-corrected chi connectivity index (χ4v) is 1.39. The number of aromatic nitrogens is 1. The first-order valence-corrected chi connectivity index (χ1v) is 5.11. The highest BCUT2D eigenvalue weighted by atomic mass is 16.5. The lowest BCUT2D eigenvalue weighted by Gasteiger charge is -2.07. The molecule has 1 heterocycles. The molecular weight excluding hydrogens is 192 g/mol. The fourth-order valence-electron chi connectivity index (χ4n) is 1.39. The first kappa shape index (κ1) is 11.8. The third kappa shape index (κ3) is 3.09. The summed E-state index contributed by atoms with van der Waals surface area (Å²) in [5, 5.41) is 0. The number of nitrogens with zero attached hydrogens (tertiary/aromatic N) is 1. The summed E-state index contributed by atoms with van der Waals surface area (Å²) in [6.07, 6.45) is 3.67. The monoisotopic (exact) mass is 210 g/mol. The average molecular weight is 210 g/mol. The summed E-state index contributed by atoms with van der Waals surface area (Å²) in [5.41, 5.74) is 6.76. The Hall–Kier alpha value is -1.29. The molecule has 1 aromatic heterocycles. The Kier molecular flexibility index (Phi) is 4.37. The van der Waals surface area contributed by atoms with Crippen molar-refractivity contribution in [3.05, 3.63) is 28.2 Å². The van der Waals surface area contributed by atoms with Crippen LogP contribution in [0.4, 0.5) is 5.69 Å². The molecular formula is C11H18N2O2. The summed E-state index contributed by atoms with van der Waals surface area (Å²) in [7, 11) is 1.68. The molecule has 0 atom stereocenters. The van der Waals surface area contributed by atoms with E-state index < -0.39 is 0 Å². The zero-order valence-electron chi connectivity index (χ0n) is 9.32. The number of nitrogens with two attached hydrogens (primary N) is 1. The van der Waals surface area contributed by atoms with Gasteiger partial charge in [-0.25, -0.2) is 0 Å². The Balaban J connectivity index is 2.63. The number of aryl methyl sites for hydroxylation is 2. The van der Waals surface area contributed by atoms with Gasteiger partial charge in [0.15, 0.2) is 0 Å². The molecule has 4 heteroatoms. The molecule has 0 unspecified atom stereocenters. The number of pyridine rings is 1. The number of unbranched alkanes of at least 4 members (excludes halogenated alkanes) is 1. The van der Waals surface area contributed by atoms with Crippen LogP contribution < -0.4 is 11.3 Å². The first-order valence-electron chi connectivity index (χ1n) is 5.11. The molecule has 84 valence electrons. The zero-order valence-corrected chi connectivity index (χ0v) is 9.32. The van der Waals surface area contributed by atoms with Crippen LogP contribution in [-0.2, 0) is 11.3 Å². The molecule has 0 amide bonds. The van der Waals surface area contributed by atoms with Crippen molar-refractivity contribution in [2.24, 2.45) is 0 Å². The molecule has 1 aromatic rings. The maximum absolute atomic E-state index is 11.7. The van der Waals surface area contributed by atoms with Crippen LogP contribution in [0.5, 0.6) is 0 Å². The van der Waals surface area contributed by atoms with Crippen LogP contribution in [0, 0.1) is 6.92 Å². The number of nitrogen functional groups attached to an aromatic ring is 1. The Labute approximate surface area is 89.7 Å². The molecule has 1 rings (SSSR count). The number of methoxy groups -OCH3 is 1. The second-order valence-electron chi connectivity index (χ2n) is 3.61. The molecule has 4 nitrogen and oxygen atoms in total. The van der Waals surface area contributed by atoms with E-state index in [9.17, 15) is 4.79 Å². The largest absolute Gasteiger partial charge is 0.394 e. The van der Waals surface area contributed by atoms with Gasteiger partial charge in [-0.2, -0.15) is 0 Å². The van der Waals surface area contributed by atoms with Crippen LogP contribution in [0.15, 0.2) is 17.1 Å². The van der Waals surface area contributed by atoms with Crippen molar-refractivity contribution in [2.45, 2.75) is 26.3 Å². The van der Waals surface area contributed by atoms with Gasteiger partial charge in [0.1, 0.15) is 5.69 Å². The maximum Gasteiger partial charge on any atom is 0.273 e. The van der Waals surface area contributed by atoms with E-state index in [2.05, 4.69) is 0 Å². The van der Waals surface area contributed by atoms with E-state index in [1.54, 1.807) is 17.9 Å². The summed E-state index contributed by atoms with van der Waals surface area (Å²) in [6, 6.07) is 1.87. The van der Waals surface area contributed by atoms with E-state index in [0.29, 0.717) is 12.2 Å². The molecule has 0 aromatic carbocycles. The minimum absolute atomic E-state index is 0.0904. The van der Waals surface area contributed by atoms with Crippen molar-refractivity contribution in [2.75, 3.05) is 19.5 Å². The number of hydrogen-bond donors (Lipinski definition) is 1. The van der Waals surface area contributed by atoms with Gasteiger partial charge in [0, 0.05) is 26.5 Å². The Morgan fingerprint density at radius 1 is 1.47 bits per heavy atom. The topological polar surface area (TPSA) is 57.2 Å². The van der Waals surface area contributed by atoms with E-state index in [1.807, 2.05) is 13.0 Å². The van der Waals surface area contributed by atoms with E-state index in [-0.39, 0.29) is 5.56 Å². The normalized spacial score (nSPS) is 10.5. The summed E-state index contributed by atoms with van der Waals surface area (Å²) >= 11 is 0. The minimum atomic E-state index is -0.0904. The molecule has 0 fully saturated rings. The van der Waals surface area contributed by atoms with E-state index >= 15 is 0 Å². The smallest absolute Gasteiger partial charge is 0.273 e. The van der Waals surface area contributed by atoms with Crippen molar-refractivity contribution in [3.63, 3.8) is 0 Å². The van der Waals surface area contributed by atoms with Gasteiger partial charge in [0.2, 0.25) is 0 Å². The second kappa shape index (κ2) is 5.56. The van der Waals surface area contributed by atoms with E-state index in [1.165, 1.54) is 0 Å². The highest BCUT2D eigenvalue weighted by Crippen LogP contribution is 2.03. The summed E-state index contributed by atoms with van der Waals surface area (Å²) in [6.45, 7) is 3.27. The SMILES string of the molecule is COCCCCn1ccc(C)c(N)c1=O. The third-order valence-corrected chi connectivity index (χ3v) is 2.42. The highest BCUT2D eigenvalue weighted by Gasteiger charge is 2.02. The Morgan fingerprint density at radius 2 is 2.20 bits per heavy atom. The zero-order chi connectivity index (χ0) is 11.3. The predicted octanol–water partition coefficient (Wildman–Crippen LogP) is 1.17. The van der Waals surface area contributed by atoms with Crippen LogP contribution in [-0.4, -0.2) is 18.3 Å². The van der Waals surface area contributed by atoms with Gasteiger partial charge >= 0.3 is 0 Å². The average Bonchev–Trinajstić information content (AvgIpc) is 2.24. The van der Waals surface area contributed by atoms with Crippen LogP contribution in [0.1, 0.15) is 18.4 Å². The molecule has 0 bridgehead atoms. The lowest BCUT2D eigenvalue weighted by molar-refractivity contribution is 0.191. The molecule has 15 heavy (non-hydrogen) atoms. The molecule has 0 radical (unpaired) electrons. The molecule has 0 aliphatic heterocycles. The molecule has 2 N–H and O–H groups in total. The van der Waals surface area contributed by atoms with Crippen LogP contribution in [0.3, 0.4) is 0 Å². The van der Waals surface area contributed by atoms with E-state index in [4.69, 9.17) is 10.5 Å². The fraction of sp³-hybridized carbons (Fsp3) is 0.545. The Bertz CT molecular complexity index is 371. The predicted molar refractivity (Wildman–Crippen MR) is 61.0 cm³/mol. The molecule has 0 saturated heterocycles. The minimum Gasteiger partial charge on any atom is -0.394 e. The van der Waals surface area contributed by atoms with Gasteiger partial charge in [-0.15, -0.1) is 0 Å². The van der Waals surface area contributed by atoms with Gasteiger partial charge in [-0.05, 0) is 31.4 Å². The van der Waals surface area contributed by atoms with Gasteiger partial charge in [0.25, 0.3) is 5.56 Å². The molecule has 0 aliphatic rings. The lowest BCUT2D eigenvalue weighted by Crippen LogP contribution is -2.23. The number of rotatable bonds is 5. The standard InChI is InChI=1S/C11H18N2O2/c1-9-5-7-13(11(14)10(9)12)6-3-4-8-15-2/h5,7H,3-4,6,8,12H2,1-2H3. The summed E-state index contributed by atoms with van der Waals surface area (Å²) < 4.78 is 6.59. The van der Waals surface area contributed by atoms with Crippen LogP contribution in [0.25, 0.3) is 0 Å². The van der Waals surface area contributed by atoms with Crippen molar-refractivity contribution >= 4 is 5.69 Å². The number of hydrogen-bond acceptors (Lipinski definition) is 3. The first-order chi connectivity index (χ1) is 7.16. The van der Waals surface area contributed by atoms with Crippen molar-refractivity contribution < 1.29 is 4.74 Å². The van der Waals surface area contributed by atoms with Crippen molar-refractivity contribution in [1.82, 2.24) is 4.57 Å². The number of ether oxygens (including phenoxy) is 1.